The summed E-state index contributed by atoms with van der Waals surface area (Å²) in [6, 6.07) is 0. The van der Waals surface area contributed by atoms with E-state index in [0.29, 0.717) is 12.2 Å². The van der Waals surface area contributed by atoms with Crippen LogP contribution in [0.3, 0.4) is 0 Å². The molecule has 0 N–H and O–H groups in total. The minimum absolute atomic E-state index is 0.00883. The van der Waals surface area contributed by atoms with Gasteiger partial charge in [0.2, 0.25) is 0 Å². The predicted octanol–water partition coefficient (Wildman–Crippen LogP) is 0.433. The van der Waals surface area contributed by atoms with E-state index in [4.69, 9.17) is 23.4 Å². The molecule has 2 heterocycles. The van der Waals surface area contributed by atoms with E-state index >= 15 is 0 Å². The third kappa shape index (κ3) is 7.15. The molecular weight excluding hydrogens is 276 g/mol. The highest BCUT2D eigenvalue weighted by molar-refractivity contribution is 5.98. The van der Waals surface area contributed by atoms with Crippen molar-refractivity contribution >= 4 is 10.5 Å². The fourth-order valence-electron chi connectivity index (χ4n) is 2.18. The zero-order chi connectivity index (χ0) is 14.3. The first-order chi connectivity index (χ1) is 9.72. The lowest BCUT2D eigenvalue weighted by Crippen LogP contribution is -2.29. The van der Waals surface area contributed by atoms with Gasteiger partial charge in [-0.2, -0.15) is 0 Å². The minimum Gasteiger partial charge on any atom is -0.423 e. The van der Waals surface area contributed by atoms with Crippen LogP contribution in [0, 0.1) is 0 Å². The largest absolute Gasteiger partial charge is 0.423 e. The van der Waals surface area contributed by atoms with E-state index in [-0.39, 0.29) is 5.60 Å². The SMILES string of the molecule is CC(CCCOCC1CO1)(CCCOCC1CO1)O[SiH3]. The molecule has 2 aliphatic heterocycles. The van der Waals surface area contributed by atoms with E-state index in [1.165, 1.54) is 0 Å². The molecule has 118 valence electrons. The summed E-state index contributed by atoms with van der Waals surface area (Å²) in [5.74, 6) is 0. The van der Waals surface area contributed by atoms with Crippen molar-refractivity contribution in [2.45, 2.75) is 50.4 Å². The van der Waals surface area contributed by atoms with Gasteiger partial charge in [0.05, 0.1) is 32.0 Å². The second kappa shape index (κ2) is 8.46. The van der Waals surface area contributed by atoms with Crippen LogP contribution in [0.1, 0.15) is 32.6 Å². The number of hydrogen-bond donors (Lipinski definition) is 0. The highest BCUT2D eigenvalue weighted by atomic mass is 28.2. The number of epoxide rings is 2. The maximum Gasteiger partial charge on any atom is 0.146 e. The van der Waals surface area contributed by atoms with E-state index in [1.807, 2.05) is 0 Å². The molecule has 6 heteroatoms. The average molecular weight is 304 g/mol. The number of ether oxygens (including phenoxy) is 4. The Morgan fingerprint density at radius 3 is 1.80 bits per heavy atom. The lowest BCUT2D eigenvalue weighted by Gasteiger charge is -2.29. The quantitative estimate of drug-likeness (QED) is 0.281. The Morgan fingerprint density at radius 1 is 1.00 bits per heavy atom. The Balaban J connectivity index is 1.45. The van der Waals surface area contributed by atoms with Crippen molar-refractivity contribution < 1.29 is 23.4 Å². The summed E-state index contributed by atoms with van der Waals surface area (Å²) >= 11 is 0. The molecule has 2 rings (SSSR count). The zero-order valence-electron chi connectivity index (χ0n) is 12.8. The van der Waals surface area contributed by atoms with Crippen LogP contribution >= 0.6 is 0 Å². The Hall–Kier alpha value is 0.0169. The summed E-state index contributed by atoms with van der Waals surface area (Å²) < 4.78 is 27.1. The van der Waals surface area contributed by atoms with Gasteiger partial charge in [0.25, 0.3) is 0 Å². The smallest absolute Gasteiger partial charge is 0.146 e. The second-order valence-corrected chi connectivity index (χ2v) is 6.33. The van der Waals surface area contributed by atoms with E-state index < -0.39 is 0 Å². The van der Waals surface area contributed by atoms with Crippen molar-refractivity contribution in [2.75, 3.05) is 39.6 Å². The van der Waals surface area contributed by atoms with Gasteiger partial charge in [-0.05, 0) is 32.6 Å². The Labute approximate surface area is 124 Å². The van der Waals surface area contributed by atoms with Crippen molar-refractivity contribution in [3.05, 3.63) is 0 Å². The lowest BCUT2D eigenvalue weighted by molar-refractivity contribution is 0.0420. The first-order valence-corrected chi connectivity index (χ1v) is 8.47. The van der Waals surface area contributed by atoms with Gasteiger partial charge >= 0.3 is 0 Å². The molecule has 0 amide bonds. The fraction of sp³-hybridized carbons (Fsp3) is 1.00. The van der Waals surface area contributed by atoms with Gasteiger partial charge in [0.15, 0.2) is 0 Å². The Bertz CT molecular complexity index is 246. The third-order valence-corrected chi connectivity index (χ3v) is 4.88. The monoisotopic (exact) mass is 304 g/mol. The molecule has 2 aliphatic rings. The van der Waals surface area contributed by atoms with E-state index in [0.717, 1.165) is 75.8 Å². The molecule has 2 fully saturated rings. The van der Waals surface area contributed by atoms with Crippen molar-refractivity contribution in [3.8, 4) is 0 Å². The molecule has 2 atom stereocenters. The molecule has 2 unspecified atom stereocenters. The van der Waals surface area contributed by atoms with Crippen LogP contribution in [0.15, 0.2) is 0 Å². The number of hydrogen-bond acceptors (Lipinski definition) is 5. The van der Waals surface area contributed by atoms with Crippen molar-refractivity contribution in [1.82, 2.24) is 0 Å². The van der Waals surface area contributed by atoms with Crippen LogP contribution in [0.25, 0.3) is 0 Å². The summed E-state index contributed by atoms with van der Waals surface area (Å²) in [6.07, 6.45) is 4.92. The predicted molar refractivity (Wildman–Crippen MR) is 79.0 cm³/mol. The summed E-state index contributed by atoms with van der Waals surface area (Å²) in [6.45, 7) is 7.03. The molecule has 0 spiro atoms. The molecule has 0 aliphatic carbocycles. The summed E-state index contributed by atoms with van der Waals surface area (Å²) in [7, 11) is 0.778. The normalized spacial score (nSPS) is 27.4. The minimum atomic E-state index is -0.00883. The number of rotatable bonds is 13. The van der Waals surface area contributed by atoms with E-state index in [9.17, 15) is 0 Å². The van der Waals surface area contributed by atoms with Gasteiger partial charge in [0.1, 0.15) is 22.7 Å². The van der Waals surface area contributed by atoms with Gasteiger partial charge in [-0.3, -0.25) is 0 Å². The van der Waals surface area contributed by atoms with Crippen molar-refractivity contribution in [1.29, 1.82) is 0 Å². The van der Waals surface area contributed by atoms with E-state index in [1.54, 1.807) is 0 Å². The fourth-order valence-corrected chi connectivity index (χ4v) is 2.59. The highest BCUT2D eigenvalue weighted by Crippen LogP contribution is 2.23. The maximum absolute atomic E-state index is 5.80. The maximum atomic E-state index is 5.80. The van der Waals surface area contributed by atoms with Gasteiger partial charge < -0.3 is 23.4 Å². The summed E-state index contributed by atoms with van der Waals surface area (Å²) in [5, 5.41) is 0. The van der Waals surface area contributed by atoms with Gasteiger partial charge in [-0.1, -0.05) is 0 Å². The second-order valence-electron chi connectivity index (χ2n) is 5.92. The molecule has 5 nitrogen and oxygen atoms in total. The Kier molecular flexibility index (Phi) is 6.93. The van der Waals surface area contributed by atoms with Crippen molar-refractivity contribution in [3.63, 3.8) is 0 Å². The van der Waals surface area contributed by atoms with Crippen LogP contribution in [-0.2, 0) is 23.4 Å². The Morgan fingerprint density at radius 2 is 1.45 bits per heavy atom. The topological polar surface area (TPSA) is 52.8 Å². The molecule has 0 saturated carbocycles. The van der Waals surface area contributed by atoms with Crippen LogP contribution in [-0.4, -0.2) is 67.9 Å². The molecule has 2 saturated heterocycles. The molecule has 0 radical (unpaired) electrons. The van der Waals surface area contributed by atoms with Crippen LogP contribution in [0.2, 0.25) is 0 Å². The van der Waals surface area contributed by atoms with Crippen LogP contribution < -0.4 is 0 Å². The molecule has 0 aromatic carbocycles. The highest BCUT2D eigenvalue weighted by Gasteiger charge is 2.25. The molecule has 0 aromatic rings. The lowest BCUT2D eigenvalue weighted by atomic mass is 9.95. The summed E-state index contributed by atoms with van der Waals surface area (Å²) in [4.78, 5) is 0. The van der Waals surface area contributed by atoms with Gasteiger partial charge in [0, 0.05) is 13.2 Å². The van der Waals surface area contributed by atoms with Crippen LogP contribution in [0.4, 0.5) is 0 Å². The van der Waals surface area contributed by atoms with Crippen LogP contribution in [0.5, 0.6) is 0 Å². The van der Waals surface area contributed by atoms with Crippen molar-refractivity contribution in [2.24, 2.45) is 0 Å². The first kappa shape index (κ1) is 16.4. The van der Waals surface area contributed by atoms with Gasteiger partial charge in [-0.25, -0.2) is 0 Å². The summed E-state index contributed by atoms with van der Waals surface area (Å²) in [5.41, 5.74) is -0.00883. The molecular formula is C14H28O5Si. The third-order valence-electron chi connectivity index (χ3n) is 3.89. The first-order valence-electron chi connectivity index (χ1n) is 7.66. The average Bonchev–Trinajstić information content (AvgIpc) is 3.32. The van der Waals surface area contributed by atoms with E-state index in [2.05, 4.69) is 6.92 Å². The molecule has 0 bridgehead atoms. The zero-order valence-corrected chi connectivity index (χ0v) is 14.8. The molecule has 20 heavy (non-hydrogen) atoms. The molecule has 0 aromatic heterocycles. The standard InChI is InChI=1S/C14H28O5Si/c1-14(19-20,4-2-6-15-8-12-10-17-12)5-3-7-16-9-13-11-18-13/h12-13H,2-11H2,1,20H3. The van der Waals surface area contributed by atoms with Gasteiger partial charge in [-0.15, -0.1) is 0 Å².